The fraction of sp³-hybridized carbons (Fsp3) is 0.154. The Kier molecular flexibility index (Phi) is 4.12. The first-order valence-electron chi connectivity index (χ1n) is 5.31. The van der Waals surface area contributed by atoms with Crippen LogP contribution in [-0.4, -0.2) is 12.0 Å². The van der Waals surface area contributed by atoms with Gasteiger partial charge in [-0.2, -0.15) is 0 Å². The quantitative estimate of drug-likeness (QED) is 0.938. The van der Waals surface area contributed by atoms with Crippen molar-refractivity contribution in [2.75, 3.05) is 7.05 Å². The largest absolute Gasteiger partial charge is 0.454 e. The highest BCUT2D eigenvalue weighted by atomic mass is 79.9. The SMILES string of the molecule is CNCc1ccncc1Oc1ccccc1Br. The number of hydrogen-bond donors (Lipinski definition) is 1. The Labute approximate surface area is 109 Å². The lowest BCUT2D eigenvalue weighted by Crippen LogP contribution is -2.06. The van der Waals surface area contributed by atoms with Gasteiger partial charge >= 0.3 is 0 Å². The minimum absolute atomic E-state index is 0.752. The second-order valence-corrected chi connectivity index (χ2v) is 4.40. The van der Waals surface area contributed by atoms with Gasteiger partial charge < -0.3 is 10.1 Å². The molecule has 2 rings (SSSR count). The highest BCUT2D eigenvalue weighted by Gasteiger charge is 2.06. The Balaban J connectivity index is 2.27. The van der Waals surface area contributed by atoms with Gasteiger partial charge in [0.2, 0.25) is 0 Å². The second-order valence-electron chi connectivity index (χ2n) is 3.55. The summed E-state index contributed by atoms with van der Waals surface area (Å²) < 4.78 is 6.77. The first-order valence-corrected chi connectivity index (χ1v) is 6.10. The molecule has 0 saturated heterocycles. The van der Waals surface area contributed by atoms with Gasteiger partial charge in [0.15, 0.2) is 0 Å². The molecule has 88 valence electrons. The minimum atomic E-state index is 0.752. The van der Waals surface area contributed by atoms with Gasteiger partial charge in [-0.3, -0.25) is 4.98 Å². The molecule has 0 aliphatic carbocycles. The standard InChI is InChI=1S/C13H13BrN2O/c1-15-8-10-6-7-16-9-13(10)17-12-5-3-2-4-11(12)14/h2-7,9,15H,8H2,1H3. The number of nitrogens with one attached hydrogen (secondary N) is 1. The van der Waals surface area contributed by atoms with E-state index in [1.807, 2.05) is 37.4 Å². The summed E-state index contributed by atoms with van der Waals surface area (Å²) in [4.78, 5) is 4.09. The van der Waals surface area contributed by atoms with Crippen LogP contribution < -0.4 is 10.1 Å². The van der Waals surface area contributed by atoms with Gasteiger partial charge in [0, 0.05) is 18.3 Å². The number of para-hydroxylation sites is 1. The van der Waals surface area contributed by atoms with E-state index in [2.05, 4.69) is 26.2 Å². The Morgan fingerprint density at radius 2 is 2.06 bits per heavy atom. The fourth-order valence-electron chi connectivity index (χ4n) is 1.48. The van der Waals surface area contributed by atoms with Gasteiger partial charge in [0.1, 0.15) is 11.5 Å². The van der Waals surface area contributed by atoms with Crippen LogP contribution in [0.1, 0.15) is 5.56 Å². The van der Waals surface area contributed by atoms with Gasteiger partial charge in [0.05, 0.1) is 10.7 Å². The van der Waals surface area contributed by atoms with Crippen LogP contribution >= 0.6 is 15.9 Å². The Morgan fingerprint density at radius 3 is 2.82 bits per heavy atom. The number of hydrogen-bond acceptors (Lipinski definition) is 3. The van der Waals surface area contributed by atoms with Crippen molar-refractivity contribution >= 4 is 15.9 Å². The highest BCUT2D eigenvalue weighted by Crippen LogP contribution is 2.30. The van der Waals surface area contributed by atoms with Crippen LogP contribution in [0, 0.1) is 0 Å². The van der Waals surface area contributed by atoms with Gasteiger partial charge in [0.25, 0.3) is 0 Å². The molecule has 1 heterocycles. The molecule has 0 aliphatic heterocycles. The normalized spacial score (nSPS) is 10.2. The van der Waals surface area contributed by atoms with Crippen LogP contribution in [0.2, 0.25) is 0 Å². The average molecular weight is 293 g/mol. The van der Waals surface area contributed by atoms with E-state index in [0.29, 0.717) is 0 Å². The Bertz CT molecular complexity index is 502. The molecule has 2 aromatic rings. The predicted octanol–water partition coefficient (Wildman–Crippen LogP) is 3.36. The minimum Gasteiger partial charge on any atom is -0.454 e. The maximum atomic E-state index is 5.84. The van der Waals surface area contributed by atoms with Gasteiger partial charge in [-0.1, -0.05) is 12.1 Å². The van der Waals surface area contributed by atoms with Crippen LogP contribution in [0.4, 0.5) is 0 Å². The van der Waals surface area contributed by atoms with E-state index < -0.39 is 0 Å². The molecule has 0 bridgehead atoms. The first-order chi connectivity index (χ1) is 8.31. The van der Waals surface area contributed by atoms with E-state index in [-0.39, 0.29) is 0 Å². The van der Waals surface area contributed by atoms with Crippen molar-refractivity contribution < 1.29 is 4.74 Å². The summed E-state index contributed by atoms with van der Waals surface area (Å²) in [7, 11) is 1.91. The number of rotatable bonds is 4. The summed E-state index contributed by atoms with van der Waals surface area (Å²) in [6, 6.07) is 9.70. The number of aromatic nitrogens is 1. The lowest BCUT2D eigenvalue weighted by molar-refractivity contribution is 0.469. The lowest BCUT2D eigenvalue weighted by atomic mass is 10.2. The van der Waals surface area contributed by atoms with Crippen molar-refractivity contribution in [2.24, 2.45) is 0 Å². The molecule has 4 heteroatoms. The summed E-state index contributed by atoms with van der Waals surface area (Å²) in [5, 5.41) is 3.11. The molecule has 1 aromatic carbocycles. The molecule has 0 amide bonds. The van der Waals surface area contributed by atoms with Crippen molar-refractivity contribution in [3.05, 3.63) is 52.8 Å². The molecule has 0 atom stereocenters. The molecule has 0 unspecified atom stereocenters. The number of pyridine rings is 1. The van der Waals surface area contributed by atoms with Crippen LogP contribution in [0.3, 0.4) is 0 Å². The predicted molar refractivity (Wildman–Crippen MR) is 71.2 cm³/mol. The maximum Gasteiger partial charge on any atom is 0.150 e. The van der Waals surface area contributed by atoms with Gasteiger partial charge in [-0.05, 0) is 41.2 Å². The molecule has 0 fully saturated rings. The van der Waals surface area contributed by atoms with E-state index >= 15 is 0 Å². The monoisotopic (exact) mass is 292 g/mol. The smallest absolute Gasteiger partial charge is 0.150 e. The molecule has 1 N–H and O–H groups in total. The van der Waals surface area contributed by atoms with E-state index in [1.165, 1.54) is 0 Å². The summed E-state index contributed by atoms with van der Waals surface area (Å²) in [6.45, 7) is 0.752. The average Bonchev–Trinajstić information content (AvgIpc) is 2.35. The highest BCUT2D eigenvalue weighted by molar-refractivity contribution is 9.10. The molecule has 0 aliphatic rings. The number of halogens is 1. The number of ether oxygens (including phenoxy) is 1. The van der Waals surface area contributed by atoms with E-state index in [0.717, 1.165) is 28.1 Å². The first kappa shape index (κ1) is 12.1. The van der Waals surface area contributed by atoms with Crippen molar-refractivity contribution in [1.29, 1.82) is 0 Å². The third-order valence-corrected chi connectivity index (χ3v) is 2.95. The third kappa shape index (κ3) is 3.05. The Hall–Kier alpha value is -1.39. The zero-order valence-electron chi connectivity index (χ0n) is 9.48. The zero-order valence-corrected chi connectivity index (χ0v) is 11.1. The fourth-order valence-corrected chi connectivity index (χ4v) is 1.85. The molecule has 0 radical (unpaired) electrons. The zero-order chi connectivity index (χ0) is 12.1. The van der Waals surface area contributed by atoms with E-state index in [1.54, 1.807) is 12.4 Å². The van der Waals surface area contributed by atoms with Crippen molar-refractivity contribution in [2.45, 2.75) is 6.54 Å². The van der Waals surface area contributed by atoms with Crippen molar-refractivity contribution in [3.63, 3.8) is 0 Å². The summed E-state index contributed by atoms with van der Waals surface area (Å²) in [5.74, 6) is 1.56. The molecule has 0 spiro atoms. The molecular formula is C13H13BrN2O. The summed E-state index contributed by atoms with van der Waals surface area (Å²) in [5.41, 5.74) is 1.08. The van der Waals surface area contributed by atoms with Crippen LogP contribution in [0.25, 0.3) is 0 Å². The van der Waals surface area contributed by atoms with Gasteiger partial charge in [-0.15, -0.1) is 0 Å². The molecular weight excluding hydrogens is 280 g/mol. The van der Waals surface area contributed by atoms with Gasteiger partial charge in [-0.25, -0.2) is 0 Å². The van der Waals surface area contributed by atoms with E-state index in [9.17, 15) is 0 Å². The molecule has 1 aromatic heterocycles. The summed E-state index contributed by atoms with van der Waals surface area (Å²) >= 11 is 3.46. The number of benzene rings is 1. The van der Waals surface area contributed by atoms with E-state index in [4.69, 9.17) is 4.74 Å². The lowest BCUT2D eigenvalue weighted by Gasteiger charge is -2.11. The molecule has 17 heavy (non-hydrogen) atoms. The molecule has 3 nitrogen and oxygen atoms in total. The molecule has 0 saturated carbocycles. The van der Waals surface area contributed by atoms with Crippen LogP contribution in [0.15, 0.2) is 47.2 Å². The van der Waals surface area contributed by atoms with Crippen molar-refractivity contribution in [1.82, 2.24) is 10.3 Å². The van der Waals surface area contributed by atoms with Crippen molar-refractivity contribution in [3.8, 4) is 11.5 Å². The van der Waals surface area contributed by atoms with Crippen LogP contribution in [0.5, 0.6) is 11.5 Å². The summed E-state index contributed by atoms with van der Waals surface area (Å²) in [6.07, 6.45) is 3.49. The topological polar surface area (TPSA) is 34.2 Å². The number of nitrogens with zero attached hydrogens (tertiary/aromatic N) is 1. The van der Waals surface area contributed by atoms with Crippen LogP contribution in [-0.2, 0) is 6.54 Å². The maximum absolute atomic E-state index is 5.84. The second kappa shape index (κ2) is 5.80. The Morgan fingerprint density at radius 1 is 1.24 bits per heavy atom. The third-order valence-electron chi connectivity index (χ3n) is 2.29.